The van der Waals surface area contributed by atoms with Crippen molar-refractivity contribution in [3.63, 3.8) is 0 Å². The van der Waals surface area contributed by atoms with Crippen molar-refractivity contribution >= 4 is 28.1 Å². The minimum absolute atomic E-state index is 0.246. The lowest BCUT2D eigenvalue weighted by Gasteiger charge is -2.04. The van der Waals surface area contributed by atoms with Gasteiger partial charge >= 0.3 is 0 Å². The van der Waals surface area contributed by atoms with E-state index in [0.717, 1.165) is 26.7 Å². The summed E-state index contributed by atoms with van der Waals surface area (Å²) in [7, 11) is 0. The molecule has 0 aliphatic carbocycles. The molecule has 0 spiro atoms. The van der Waals surface area contributed by atoms with Gasteiger partial charge in [0.1, 0.15) is 5.82 Å². The molecule has 1 aromatic heterocycles. The molecule has 0 unspecified atom stereocenters. The van der Waals surface area contributed by atoms with Crippen LogP contribution in [0.3, 0.4) is 0 Å². The third-order valence-corrected chi connectivity index (χ3v) is 3.80. The van der Waals surface area contributed by atoms with E-state index in [1.165, 1.54) is 12.1 Å². The van der Waals surface area contributed by atoms with Crippen LogP contribution in [-0.2, 0) is 0 Å². The largest absolute Gasteiger partial charge is 0.265 e. The highest BCUT2D eigenvalue weighted by atomic mass is 79.9. The molecule has 0 aliphatic heterocycles. The molecule has 0 radical (unpaired) electrons. The third kappa shape index (κ3) is 3.68. The molecule has 3 heteroatoms. The van der Waals surface area contributed by atoms with Crippen LogP contribution in [0.4, 0.5) is 4.39 Å². The number of nitrogens with zero attached hydrogens (tertiary/aromatic N) is 1. The van der Waals surface area contributed by atoms with Crippen LogP contribution < -0.4 is 0 Å². The second kappa shape index (κ2) is 6.67. The molecule has 1 heterocycles. The van der Waals surface area contributed by atoms with Gasteiger partial charge in [-0.1, -0.05) is 40.2 Å². The number of aromatic nitrogens is 1. The van der Waals surface area contributed by atoms with Gasteiger partial charge in [-0.2, -0.15) is 0 Å². The Balaban J connectivity index is 1.91. The van der Waals surface area contributed by atoms with E-state index in [2.05, 4.69) is 20.9 Å². The van der Waals surface area contributed by atoms with E-state index in [-0.39, 0.29) is 5.82 Å². The zero-order chi connectivity index (χ0) is 15.4. The van der Waals surface area contributed by atoms with Crippen molar-refractivity contribution in [3.05, 3.63) is 88.4 Å². The van der Waals surface area contributed by atoms with Gasteiger partial charge in [0.05, 0.1) is 0 Å². The Bertz CT molecular complexity index is 795. The van der Waals surface area contributed by atoms with Gasteiger partial charge in [0.25, 0.3) is 0 Å². The van der Waals surface area contributed by atoms with Crippen LogP contribution in [0.1, 0.15) is 11.1 Å². The number of halogens is 2. The van der Waals surface area contributed by atoms with Gasteiger partial charge in [-0.15, -0.1) is 0 Å². The molecule has 0 amide bonds. The second-order valence-corrected chi connectivity index (χ2v) is 5.81. The summed E-state index contributed by atoms with van der Waals surface area (Å²) in [5, 5.41) is 0. The van der Waals surface area contributed by atoms with E-state index >= 15 is 0 Å². The van der Waals surface area contributed by atoms with Crippen LogP contribution in [-0.4, -0.2) is 4.98 Å². The molecule has 22 heavy (non-hydrogen) atoms. The molecule has 0 atom stereocenters. The van der Waals surface area contributed by atoms with Crippen molar-refractivity contribution < 1.29 is 4.39 Å². The minimum Gasteiger partial charge on any atom is -0.265 e. The zero-order valence-electron chi connectivity index (χ0n) is 11.7. The molecule has 0 saturated heterocycles. The molecule has 0 aliphatic rings. The molecule has 0 bridgehead atoms. The summed E-state index contributed by atoms with van der Waals surface area (Å²) in [6.07, 6.45) is 7.30. The van der Waals surface area contributed by atoms with Crippen molar-refractivity contribution in [2.24, 2.45) is 0 Å². The van der Waals surface area contributed by atoms with E-state index in [1.807, 2.05) is 54.6 Å². The fraction of sp³-hybridized carbons (Fsp3) is 0. The number of rotatable bonds is 3. The Morgan fingerprint density at radius 1 is 0.773 bits per heavy atom. The monoisotopic (exact) mass is 353 g/mol. The number of benzene rings is 2. The lowest BCUT2D eigenvalue weighted by Crippen LogP contribution is -1.84. The van der Waals surface area contributed by atoms with Gasteiger partial charge in [-0.3, -0.25) is 4.98 Å². The average Bonchev–Trinajstić information content (AvgIpc) is 2.55. The van der Waals surface area contributed by atoms with Crippen molar-refractivity contribution in [2.45, 2.75) is 0 Å². The summed E-state index contributed by atoms with van der Waals surface area (Å²) in [6.45, 7) is 0. The molecular formula is C19H13BrFN. The third-order valence-electron chi connectivity index (χ3n) is 3.27. The van der Waals surface area contributed by atoms with Crippen LogP contribution in [0.2, 0.25) is 0 Å². The highest BCUT2D eigenvalue weighted by molar-refractivity contribution is 9.10. The molecule has 108 valence electrons. The normalized spacial score (nSPS) is 11.0. The van der Waals surface area contributed by atoms with Crippen molar-refractivity contribution in [1.82, 2.24) is 4.98 Å². The van der Waals surface area contributed by atoms with Crippen molar-refractivity contribution in [2.75, 3.05) is 0 Å². The molecule has 0 N–H and O–H groups in total. The molecule has 2 aromatic carbocycles. The van der Waals surface area contributed by atoms with Crippen LogP contribution in [0, 0.1) is 5.82 Å². The van der Waals surface area contributed by atoms with Crippen LogP contribution in [0.15, 0.2) is 71.5 Å². The molecule has 0 saturated carbocycles. The van der Waals surface area contributed by atoms with E-state index in [1.54, 1.807) is 12.4 Å². The fourth-order valence-corrected chi connectivity index (χ4v) is 2.45. The van der Waals surface area contributed by atoms with Crippen molar-refractivity contribution in [1.29, 1.82) is 0 Å². The predicted octanol–water partition coefficient (Wildman–Crippen LogP) is 5.82. The van der Waals surface area contributed by atoms with Crippen LogP contribution in [0.25, 0.3) is 23.3 Å². The summed E-state index contributed by atoms with van der Waals surface area (Å²) in [6, 6.07) is 16.7. The van der Waals surface area contributed by atoms with Crippen LogP contribution in [0.5, 0.6) is 0 Å². The van der Waals surface area contributed by atoms with Crippen LogP contribution >= 0.6 is 15.9 Å². The SMILES string of the molecule is Fc1cc(/C=C\c2ccc(Br)cc2)cc(-c2ccncc2)c1. The lowest BCUT2D eigenvalue weighted by atomic mass is 10.0. The Hall–Kier alpha value is -2.26. The van der Waals surface area contributed by atoms with E-state index < -0.39 is 0 Å². The molecule has 3 aromatic rings. The first-order valence-electron chi connectivity index (χ1n) is 6.85. The number of hydrogen-bond donors (Lipinski definition) is 0. The van der Waals surface area contributed by atoms with Gasteiger partial charge in [0.15, 0.2) is 0 Å². The Morgan fingerprint density at radius 3 is 2.18 bits per heavy atom. The second-order valence-electron chi connectivity index (χ2n) is 4.89. The van der Waals surface area contributed by atoms with Gasteiger partial charge in [-0.05, 0) is 64.7 Å². The van der Waals surface area contributed by atoms with Gasteiger partial charge in [-0.25, -0.2) is 4.39 Å². The number of hydrogen-bond acceptors (Lipinski definition) is 1. The molecule has 1 nitrogen and oxygen atoms in total. The van der Waals surface area contributed by atoms with Gasteiger partial charge in [0.2, 0.25) is 0 Å². The maximum Gasteiger partial charge on any atom is 0.124 e. The van der Waals surface area contributed by atoms with Gasteiger partial charge in [0, 0.05) is 16.9 Å². The Labute approximate surface area is 137 Å². The summed E-state index contributed by atoms with van der Waals surface area (Å²) in [5.74, 6) is -0.246. The maximum atomic E-state index is 13.8. The van der Waals surface area contributed by atoms with Crippen molar-refractivity contribution in [3.8, 4) is 11.1 Å². The smallest absolute Gasteiger partial charge is 0.124 e. The fourth-order valence-electron chi connectivity index (χ4n) is 2.19. The first-order chi connectivity index (χ1) is 10.7. The molecule has 0 fully saturated rings. The first-order valence-corrected chi connectivity index (χ1v) is 7.65. The summed E-state index contributed by atoms with van der Waals surface area (Å²) < 4.78 is 14.9. The van der Waals surface area contributed by atoms with E-state index in [0.29, 0.717) is 0 Å². The highest BCUT2D eigenvalue weighted by Gasteiger charge is 2.01. The maximum absolute atomic E-state index is 13.8. The summed E-state index contributed by atoms with van der Waals surface area (Å²) in [5.41, 5.74) is 3.69. The summed E-state index contributed by atoms with van der Waals surface area (Å²) in [4.78, 5) is 3.99. The first kappa shape index (κ1) is 14.7. The topological polar surface area (TPSA) is 12.9 Å². The Kier molecular flexibility index (Phi) is 4.45. The van der Waals surface area contributed by atoms with E-state index in [4.69, 9.17) is 0 Å². The molecule has 3 rings (SSSR count). The predicted molar refractivity (Wildman–Crippen MR) is 92.7 cm³/mol. The average molecular weight is 354 g/mol. The Morgan fingerprint density at radius 2 is 1.45 bits per heavy atom. The standard InChI is InChI=1S/C19H13BrFN/c20-18-5-3-14(4-6-18)1-2-15-11-17(13-19(21)12-15)16-7-9-22-10-8-16/h1-13H/b2-1-. The quantitative estimate of drug-likeness (QED) is 0.540. The lowest BCUT2D eigenvalue weighted by molar-refractivity contribution is 0.628. The highest BCUT2D eigenvalue weighted by Crippen LogP contribution is 2.22. The molecular weight excluding hydrogens is 341 g/mol. The van der Waals surface area contributed by atoms with Gasteiger partial charge < -0.3 is 0 Å². The van der Waals surface area contributed by atoms with E-state index in [9.17, 15) is 4.39 Å². The number of pyridine rings is 1. The minimum atomic E-state index is -0.246. The summed E-state index contributed by atoms with van der Waals surface area (Å²) >= 11 is 3.41. The zero-order valence-corrected chi connectivity index (χ0v) is 13.3.